The maximum absolute atomic E-state index is 13.3. The van der Waals surface area contributed by atoms with Crippen LogP contribution in [0.2, 0.25) is 5.02 Å². The molecule has 0 radical (unpaired) electrons. The monoisotopic (exact) mass is 341 g/mol. The Morgan fingerprint density at radius 2 is 2.04 bits per heavy atom. The molecule has 1 atom stereocenters. The molecule has 8 heteroatoms. The first-order chi connectivity index (χ1) is 11.0. The number of rotatable bonds is 5. The molecule has 3 N–H and O–H groups in total. The third-order valence-electron chi connectivity index (χ3n) is 3.04. The second-order valence-electron chi connectivity index (χ2n) is 4.68. The van der Waals surface area contributed by atoms with Crippen molar-refractivity contribution >= 4 is 17.6 Å². The van der Waals surface area contributed by atoms with Crippen molar-refractivity contribution in [2.45, 2.75) is 12.6 Å². The number of nitrogens with one attached hydrogen (secondary N) is 2. The van der Waals surface area contributed by atoms with E-state index in [1.165, 1.54) is 30.5 Å². The van der Waals surface area contributed by atoms with Crippen molar-refractivity contribution in [3.63, 3.8) is 0 Å². The summed E-state index contributed by atoms with van der Waals surface area (Å²) in [7, 11) is 0. The second kappa shape index (κ2) is 7.85. The minimum absolute atomic E-state index is 0.0518. The predicted octanol–water partition coefficient (Wildman–Crippen LogP) is 2.55. The minimum atomic E-state index is -1.10. The van der Waals surface area contributed by atoms with Crippen molar-refractivity contribution in [2.75, 3.05) is 6.54 Å². The first-order valence-corrected chi connectivity index (χ1v) is 7.09. The number of carbonyl (C=O) groups is 1. The largest absolute Gasteiger partial charge is 0.387 e. The summed E-state index contributed by atoms with van der Waals surface area (Å²) in [6.45, 7) is -0.234. The predicted molar refractivity (Wildman–Crippen MR) is 80.8 cm³/mol. The lowest BCUT2D eigenvalue weighted by molar-refractivity contribution is 0.172. The molecule has 0 bridgehead atoms. The Morgan fingerprint density at radius 1 is 1.26 bits per heavy atom. The molecule has 0 saturated carbocycles. The Bertz CT molecular complexity index is 700. The fourth-order valence-electron chi connectivity index (χ4n) is 1.80. The highest BCUT2D eigenvalue weighted by molar-refractivity contribution is 6.30. The molecule has 2 rings (SSSR count). The number of urea groups is 1. The van der Waals surface area contributed by atoms with Crippen molar-refractivity contribution in [3.8, 4) is 0 Å². The Kier molecular flexibility index (Phi) is 5.84. The number of benzene rings is 1. The summed E-state index contributed by atoms with van der Waals surface area (Å²) in [5.74, 6) is -1.18. The highest BCUT2D eigenvalue weighted by Gasteiger charge is 2.12. The molecular formula is C15H14ClF2N3O2. The third kappa shape index (κ3) is 4.87. The molecule has 23 heavy (non-hydrogen) atoms. The molecule has 0 aliphatic heterocycles. The van der Waals surface area contributed by atoms with Crippen molar-refractivity contribution in [3.05, 3.63) is 64.4 Å². The minimum Gasteiger partial charge on any atom is -0.387 e. The average molecular weight is 342 g/mol. The van der Waals surface area contributed by atoms with E-state index < -0.39 is 23.8 Å². The zero-order valence-corrected chi connectivity index (χ0v) is 12.6. The van der Waals surface area contributed by atoms with Crippen molar-refractivity contribution in [1.82, 2.24) is 15.6 Å². The van der Waals surface area contributed by atoms with Gasteiger partial charge >= 0.3 is 6.03 Å². The first kappa shape index (κ1) is 17.1. The Morgan fingerprint density at radius 3 is 2.74 bits per heavy atom. The number of aliphatic hydroxyl groups excluding tert-OH is 1. The van der Waals surface area contributed by atoms with Gasteiger partial charge < -0.3 is 15.7 Å². The SMILES string of the molecule is O=C(NCc1ncccc1F)NCC(O)c1ccc(Cl)c(F)c1. The molecule has 0 saturated heterocycles. The van der Waals surface area contributed by atoms with Gasteiger partial charge in [-0.3, -0.25) is 4.98 Å². The van der Waals surface area contributed by atoms with Crippen LogP contribution in [-0.4, -0.2) is 22.7 Å². The molecule has 2 amide bonds. The molecule has 0 aliphatic rings. The van der Waals surface area contributed by atoms with Gasteiger partial charge in [0.25, 0.3) is 0 Å². The second-order valence-corrected chi connectivity index (χ2v) is 5.09. The van der Waals surface area contributed by atoms with Gasteiger partial charge in [-0.05, 0) is 29.8 Å². The van der Waals surface area contributed by atoms with E-state index in [0.29, 0.717) is 0 Å². The summed E-state index contributed by atoms with van der Waals surface area (Å²) >= 11 is 5.55. The van der Waals surface area contributed by atoms with E-state index in [2.05, 4.69) is 15.6 Å². The lowest BCUT2D eigenvalue weighted by Gasteiger charge is -2.13. The molecule has 1 unspecified atom stereocenters. The molecule has 0 aliphatic carbocycles. The van der Waals surface area contributed by atoms with Crippen LogP contribution in [0.3, 0.4) is 0 Å². The average Bonchev–Trinajstić information content (AvgIpc) is 2.54. The fraction of sp³-hybridized carbons (Fsp3) is 0.200. The van der Waals surface area contributed by atoms with Gasteiger partial charge in [-0.15, -0.1) is 0 Å². The quantitative estimate of drug-likeness (QED) is 0.782. The molecule has 2 aromatic rings. The number of pyridine rings is 1. The van der Waals surface area contributed by atoms with E-state index >= 15 is 0 Å². The normalized spacial score (nSPS) is 11.8. The number of carbonyl (C=O) groups excluding carboxylic acids is 1. The number of halogens is 3. The van der Waals surface area contributed by atoms with E-state index in [1.807, 2.05) is 0 Å². The topological polar surface area (TPSA) is 74.2 Å². The fourth-order valence-corrected chi connectivity index (χ4v) is 1.92. The van der Waals surface area contributed by atoms with E-state index in [9.17, 15) is 18.7 Å². The lowest BCUT2D eigenvalue weighted by atomic mass is 10.1. The first-order valence-electron chi connectivity index (χ1n) is 6.71. The van der Waals surface area contributed by atoms with Crippen LogP contribution in [0.4, 0.5) is 13.6 Å². The Balaban J connectivity index is 1.82. The van der Waals surface area contributed by atoms with Crippen LogP contribution in [0.5, 0.6) is 0 Å². The zero-order chi connectivity index (χ0) is 16.8. The van der Waals surface area contributed by atoms with Crippen molar-refractivity contribution in [1.29, 1.82) is 0 Å². The van der Waals surface area contributed by atoms with Gasteiger partial charge in [0.05, 0.1) is 23.4 Å². The van der Waals surface area contributed by atoms with Crippen LogP contribution >= 0.6 is 11.6 Å². The molecule has 1 heterocycles. The molecule has 1 aromatic heterocycles. The van der Waals surface area contributed by atoms with E-state index in [0.717, 1.165) is 6.07 Å². The molecule has 0 spiro atoms. The number of hydrogen-bond acceptors (Lipinski definition) is 3. The highest BCUT2D eigenvalue weighted by atomic mass is 35.5. The van der Waals surface area contributed by atoms with E-state index in [-0.39, 0.29) is 29.4 Å². The third-order valence-corrected chi connectivity index (χ3v) is 3.34. The van der Waals surface area contributed by atoms with Gasteiger partial charge in [0.15, 0.2) is 0 Å². The summed E-state index contributed by atoms with van der Waals surface area (Å²) in [5, 5.41) is 14.6. The van der Waals surface area contributed by atoms with Crippen LogP contribution in [0.15, 0.2) is 36.5 Å². The maximum atomic E-state index is 13.3. The zero-order valence-electron chi connectivity index (χ0n) is 11.9. The summed E-state index contributed by atoms with van der Waals surface area (Å²) in [5.41, 5.74) is 0.381. The summed E-state index contributed by atoms with van der Waals surface area (Å²) in [6.07, 6.45) is 0.315. The maximum Gasteiger partial charge on any atom is 0.315 e. The molecule has 5 nitrogen and oxygen atoms in total. The molecule has 122 valence electrons. The van der Waals surface area contributed by atoms with Gasteiger partial charge in [-0.2, -0.15) is 0 Å². The Labute approximate surface area is 136 Å². The standard InChI is InChI=1S/C15H14ClF2N3O2/c16-10-4-3-9(6-12(10)18)14(22)8-21-15(23)20-7-13-11(17)2-1-5-19-13/h1-6,14,22H,7-8H2,(H2,20,21,23). The summed E-state index contributed by atoms with van der Waals surface area (Å²) < 4.78 is 26.6. The number of aromatic nitrogens is 1. The van der Waals surface area contributed by atoms with Gasteiger partial charge in [0.2, 0.25) is 0 Å². The number of aliphatic hydroxyl groups is 1. The van der Waals surface area contributed by atoms with Crippen LogP contribution in [-0.2, 0) is 6.54 Å². The lowest BCUT2D eigenvalue weighted by Crippen LogP contribution is -2.37. The van der Waals surface area contributed by atoms with Crippen LogP contribution in [0.1, 0.15) is 17.4 Å². The van der Waals surface area contributed by atoms with E-state index in [4.69, 9.17) is 11.6 Å². The van der Waals surface area contributed by atoms with Gasteiger partial charge in [0.1, 0.15) is 11.6 Å². The van der Waals surface area contributed by atoms with Gasteiger partial charge in [-0.25, -0.2) is 13.6 Å². The van der Waals surface area contributed by atoms with Gasteiger partial charge in [-0.1, -0.05) is 17.7 Å². The summed E-state index contributed by atoms with van der Waals surface area (Å²) in [4.78, 5) is 15.4. The smallest absolute Gasteiger partial charge is 0.315 e. The van der Waals surface area contributed by atoms with Crippen molar-refractivity contribution < 1.29 is 18.7 Å². The van der Waals surface area contributed by atoms with E-state index in [1.54, 1.807) is 0 Å². The molecular weight excluding hydrogens is 328 g/mol. The number of hydrogen-bond donors (Lipinski definition) is 3. The van der Waals surface area contributed by atoms with Gasteiger partial charge in [0, 0.05) is 12.7 Å². The molecule has 1 aromatic carbocycles. The summed E-state index contributed by atoms with van der Waals surface area (Å²) in [6, 6.07) is 5.94. The highest BCUT2D eigenvalue weighted by Crippen LogP contribution is 2.19. The van der Waals surface area contributed by atoms with Crippen LogP contribution in [0, 0.1) is 11.6 Å². The van der Waals surface area contributed by atoms with Crippen LogP contribution in [0.25, 0.3) is 0 Å². The Hall–Kier alpha value is -2.25. The number of nitrogens with zero attached hydrogens (tertiary/aromatic N) is 1. The van der Waals surface area contributed by atoms with Crippen molar-refractivity contribution in [2.24, 2.45) is 0 Å². The molecule has 0 fully saturated rings. The van der Waals surface area contributed by atoms with Crippen LogP contribution < -0.4 is 10.6 Å². The number of amides is 2.